The first-order valence-corrected chi connectivity index (χ1v) is 11.5. The van der Waals surface area contributed by atoms with Gasteiger partial charge in [0.15, 0.2) is 11.5 Å². The smallest absolute Gasteiger partial charge is 0.348 e. The summed E-state index contributed by atoms with van der Waals surface area (Å²) in [5.41, 5.74) is 3.51. The molecule has 3 heterocycles. The van der Waals surface area contributed by atoms with E-state index in [9.17, 15) is 29.7 Å². The normalized spacial score (nSPS) is 21.5. The van der Waals surface area contributed by atoms with Crippen molar-refractivity contribution in [3.8, 4) is 0 Å². The van der Waals surface area contributed by atoms with Crippen LogP contribution >= 0.6 is 11.6 Å². The summed E-state index contributed by atoms with van der Waals surface area (Å²) in [4.78, 5) is 46.5. The molecule has 39 heavy (non-hydrogen) atoms. The van der Waals surface area contributed by atoms with Crippen LogP contribution < -0.4 is 5.73 Å². The average Bonchev–Trinajstić information content (AvgIpc) is 3.43. The summed E-state index contributed by atoms with van der Waals surface area (Å²) in [5, 5.41) is 38.8. The lowest BCUT2D eigenvalue weighted by molar-refractivity contribution is -0.188. The van der Waals surface area contributed by atoms with Crippen LogP contribution in [0.25, 0.3) is 17.2 Å². The Morgan fingerprint density at radius 2 is 1.90 bits per heavy atom. The molecule has 0 bridgehead atoms. The predicted molar refractivity (Wildman–Crippen MR) is 130 cm³/mol. The first kappa shape index (κ1) is 27.8. The third-order valence-corrected chi connectivity index (χ3v) is 6.31. The van der Waals surface area contributed by atoms with E-state index in [1.165, 1.54) is 30.3 Å². The Bertz CT molecular complexity index is 1450. The Balaban J connectivity index is 1.54. The molecule has 1 aromatic carbocycles. The zero-order chi connectivity index (χ0) is 28.5. The molecule has 4 rings (SSSR count). The van der Waals surface area contributed by atoms with Crippen LogP contribution in [0.3, 0.4) is 0 Å². The highest BCUT2D eigenvalue weighted by molar-refractivity contribution is 6.28. The van der Waals surface area contributed by atoms with Gasteiger partial charge in [0, 0.05) is 12.5 Å². The molecule has 3 aromatic rings. The minimum Gasteiger partial charge on any atom is -0.479 e. The van der Waals surface area contributed by atoms with Crippen molar-refractivity contribution < 1.29 is 48.7 Å². The van der Waals surface area contributed by atoms with Crippen LogP contribution in [-0.4, -0.2) is 88.9 Å². The summed E-state index contributed by atoms with van der Waals surface area (Å²) in [6.45, 7) is -1.55. The van der Waals surface area contributed by atoms with E-state index in [1.807, 2.05) is 0 Å². The number of halogens is 2. The van der Waals surface area contributed by atoms with Crippen molar-refractivity contribution in [2.24, 2.45) is 0 Å². The molecule has 3 atom stereocenters. The molecular formula is C23H21ClFN5O9. The van der Waals surface area contributed by atoms with Crippen molar-refractivity contribution in [3.05, 3.63) is 53.1 Å². The number of anilines is 1. The van der Waals surface area contributed by atoms with Crippen LogP contribution in [0.2, 0.25) is 5.28 Å². The molecular weight excluding hydrogens is 545 g/mol. The van der Waals surface area contributed by atoms with E-state index in [0.29, 0.717) is 5.56 Å². The quantitative estimate of drug-likeness (QED) is 0.130. The van der Waals surface area contributed by atoms with Gasteiger partial charge >= 0.3 is 17.9 Å². The fourth-order valence-corrected chi connectivity index (χ4v) is 4.22. The van der Waals surface area contributed by atoms with Crippen molar-refractivity contribution in [1.82, 2.24) is 19.5 Å². The molecule has 1 fully saturated rings. The van der Waals surface area contributed by atoms with Gasteiger partial charge in [-0.25, -0.2) is 23.8 Å². The summed E-state index contributed by atoms with van der Waals surface area (Å²) in [6.07, 6.45) is -0.891. The van der Waals surface area contributed by atoms with Gasteiger partial charge in [-0.05, 0) is 28.8 Å². The molecule has 0 unspecified atom stereocenters. The highest BCUT2D eigenvalue weighted by Gasteiger charge is 2.55. The summed E-state index contributed by atoms with van der Waals surface area (Å²) < 4.78 is 27.5. The number of carboxylic acid groups (broad SMARTS) is 3. The molecule has 1 aliphatic heterocycles. The molecule has 0 spiro atoms. The maximum Gasteiger partial charge on any atom is 0.348 e. The number of ether oxygens (including phenoxy) is 2. The Morgan fingerprint density at radius 3 is 2.51 bits per heavy atom. The van der Waals surface area contributed by atoms with Crippen LogP contribution in [0.1, 0.15) is 11.1 Å². The number of aliphatic hydroxyl groups is 1. The summed E-state index contributed by atoms with van der Waals surface area (Å²) in [6, 6.07) is 5.73. The first-order valence-electron chi connectivity index (χ1n) is 11.1. The molecule has 1 aliphatic rings. The number of carbonyl (C=O) groups is 3. The minimum absolute atomic E-state index is 0.0172. The van der Waals surface area contributed by atoms with Gasteiger partial charge in [0.25, 0.3) is 5.60 Å². The molecule has 0 aliphatic carbocycles. The van der Waals surface area contributed by atoms with Crippen LogP contribution in [0, 0.1) is 0 Å². The predicted octanol–water partition coefficient (Wildman–Crippen LogP) is 0.709. The zero-order valence-electron chi connectivity index (χ0n) is 19.8. The number of rotatable bonds is 10. The van der Waals surface area contributed by atoms with Crippen molar-refractivity contribution in [2.45, 2.75) is 30.0 Å². The average molecular weight is 566 g/mol. The SMILES string of the molecule is Nc1nc(Cl)nc2c1ncn2[C@]1(F)CO[C@H](COC(Cc2ccc(/C=C/C(=O)O)cc2)(C(=O)O)C(=O)O)[C@H]1O. The summed E-state index contributed by atoms with van der Waals surface area (Å²) >= 11 is 5.81. The first-order chi connectivity index (χ1) is 18.4. The maximum atomic E-state index is 16.0. The minimum atomic E-state index is -2.82. The molecule has 16 heteroatoms. The second-order valence-corrected chi connectivity index (χ2v) is 8.95. The topological polar surface area (TPSA) is 220 Å². The number of nitrogens with two attached hydrogens (primary N) is 1. The lowest BCUT2D eigenvalue weighted by Gasteiger charge is -2.29. The largest absolute Gasteiger partial charge is 0.479 e. The number of nitrogens with zero attached hydrogens (tertiary/aromatic N) is 4. The third-order valence-electron chi connectivity index (χ3n) is 6.14. The Kier molecular flexibility index (Phi) is 7.52. The van der Waals surface area contributed by atoms with E-state index in [-0.39, 0.29) is 27.8 Å². The van der Waals surface area contributed by atoms with Gasteiger partial charge in [0.2, 0.25) is 11.1 Å². The van der Waals surface area contributed by atoms with Crippen LogP contribution in [0.15, 0.2) is 36.7 Å². The molecule has 2 aromatic heterocycles. The number of imidazole rings is 1. The third kappa shape index (κ3) is 5.24. The number of hydrogen-bond acceptors (Lipinski definition) is 10. The number of hydrogen-bond donors (Lipinski definition) is 5. The number of aromatic nitrogens is 4. The zero-order valence-corrected chi connectivity index (χ0v) is 20.5. The van der Waals surface area contributed by atoms with Crippen molar-refractivity contribution in [2.75, 3.05) is 18.9 Å². The monoisotopic (exact) mass is 565 g/mol. The number of benzene rings is 1. The fourth-order valence-electron chi connectivity index (χ4n) is 4.05. The molecule has 6 N–H and O–H groups in total. The lowest BCUT2D eigenvalue weighted by atomic mass is 9.93. The molecule has 206 valence electrons. The van der Waals surface area contributed by atoms with Gasteiger partial charge in [-0.2, -0.15) is 9.97 Å². The number of carboxylic acids is 3. The summed E-state index contributed by atoms with van der Waals surface area (Å²) in [5.74, 6) is -7.64. The Hall–Kier alpha value is -4.18. The second kappa shape index (κ2) is 10.5. The van der Waals surface area contributed by atoms with E-state index in [4.69, 9.17) is 31.9 Å². The van der Waals surface area contributed by atoms with Crippen molar-refractivity contribution >= 4 is 52.6 Å². The van der Waals surface area contributed by atoms with Gasteiger partial charge in [-0.3, -0.25) is 4.57 Å². The van der Waals surface area contributed by atoms with E-state index >= 15 is 4.39 Å². The van der Waals surface area contributed by atoms with Crippen LogP contribution in [-0.2, 0) is 36.1 Å². The van der Waals surface area contributed by atoms with E-state index in [2.05, 4.69) is 15.0 Å². The van der Waals surface area contributed by atoms with Crippen LogP contribution in [0.4, 0.5) is 10.2 Å². The molecule has 0 radical (unpaired) electrons. The molecule has 0 amide bonds. The number of nitrogen functional groups attached to an aromatic ring is 1. The van der Waals surface area contributed by atoms with Gasteiger partial charge in [0.05, 0.1) is 12.9 Å². The van der Waals surface area contributed by atoms with Crippen LogP contribution in [0.5, 0.6) is 0 Å². The molecule has 1 saturated heterocycles. The van der Waals surface area contributed by atoms with Crippen molar-refractivity contribution in [1.29, 1.82) is 0 Å². The molecule has 0 saturated carbocycles. The number of aliphatic carboxylic acids is 3. The lowest BCUT2D eigenvalue weighted by Crippen LogP contribution is -2.53. The second-order valence-electron chi connectivity index (χ2n) is 8.62. The van der Waals surface area contributed by atoms with E-state index in [1.54, 1.807) is 0 Å². The highest BCUT2D eigenvalue weighted by Crippen LogP contribution is 2.37. The van der Waals surface area contributed by atoms with Gasteiger partial charge in [-0.15, -0.1) is 0 Å². The maximum absolute atomic E-state index is 16.0. The summed E-state index contributed by atoms with van der Waals surface area (Å²) in [7, 11) is 0. The fraction of sp³-hybridized carbons (Fsp3) is 0.304. The number of aliphatic hydroxyl groups excluding tert-OH is 1. The standard InChI is InChI=1S/C23H21ClFN5O9/c24-21-28-17(26)15-18(29-21)30(10-27-15)23(25)9-38-13(16(23)33)8-39-22(19(34)35,20(36)37)7-12-3-1-11(2-4-12)5-6-14(31)32/h1-6,10,13,16,33H,7-9H2,(H,31,32)(H,34,35)(H,36,37)(H2,26,28,29)/b6-5+/t13-,16-,23-/m1/s1. The number of fused-ring (bicyclic) bond motifs is 1. The van der Waals surface area contributed by atoms with Crippen molar-refractivity contribution in [3.63, 3.8) is 0 Å². The van der Waals surface area contributed by atoms with E-state index < -0.39 is 61.1 Å². The van der Waals surface area contributed by atoms with Gasteiger partial charge in [-0.1, -0.05) is 24.3 Å². The van der Waals surface area contributed by atoms with Gasteiger partial charge in [0.1, 0.15) is 24.3 Å². The molecule has 14 nitrogen and oxygen atoms in total. The van der Waals surface area contributed by atoms with Gasteiger partial charge < -0.3 is 35.6 Å². The highest BCUT2D eigenvalue weighted by atomic mass is 35.5. The number of alkyl halides is 1. The Morgan fingerprint density at radius 1 is 1.23 bits per heavy atom. The Labute approximate surface area is 223 Å². The van der Waals surface area contributed by atoms with E-state index in [0.717, 1.165) is 17.0 Å².